The number of aliphatic hydroxyl groups is 1. The number of hydrogen-bond donors (Lipinski definition) is 2. The summed E-state index contributed by atoms with van der Waals surface area (Å²) in [4.78, 5) is 14.7. The van der Waals surface area contributed by atoms with Crippen molar-refractivity contribution in [3.63, 3.8) is 0 Å². The molecule has 4 nitrogen and oxygen atoms in total. The maximum absolute atomic E-state index is 13.4. The number of amides is 1. The van der Waals surface area contributed by atoms with Gasteiger partial charge in [-0.3, -0.25) is 4.79 Å². The van der Waals surface area contributed by atoms with Crippen LogP contribution in [0.5, 0.6) is 5.75 Å². The Kier molecular flexibility index (Phi) is 4.83. The van der Waals surface area contributed by atoms with Gasteiger partial charge in [0.15, 0.2) is 0 Å². The number of hydrogen-bond acceptors (Lipinski definition) is 3. The first-order valence-corrected chi connectivity index (χ1v) is 9.71. The molecule has 6 heteroatoms. The Morgan fingerprint density at radius 2 is 1.57 bits per heavy atom. The Hall–Kier alpha value is -3.25. The summed E-state index contributed by atoms with van der Waals surface area (Å²) in [5, 5.41) is 9.34. The van der Waals surface area contributed by atoms with Gasteiger partial charge in [-0.05, 0) is 72.5 Å². The second-order valence-corrected chi connectivity index (χ2v) is 7.42. The first-order valence-electron chi connectivity index (χ1n) is 10.5. The second kappa shape index (κ2) is 8.24. The van der Waals surface area contributed by atoms with E-state index in [9.17, 15) is 13.6 Å². The number of halogens is 2. The number of β-lactam (4-membered cyclic amide) rings is 1. The quantitative estimate of drug-likeness (QED) is 0.519. The van der Waals surface area contributed by atoms with Gasteiger partial charge in [0.05, 0.1) is 18.1 Å². The molecule has 1 amide bonds. The highest BCUT2D eigenvalue weighted by Gasteiger charge is 2.48. The minimum atomic E-state index is -0.594. The Balaban J connectivity index is 1.57. The highest BCUT2D eigenvalue weighted by molar-refractivity contribution is 6.03. The molecule has 1 fully saturated rings. The third kappa shape index (κ3) is 3.91. The second-order valence-electron chi connectivity index (χ2n) is 7.42. The molecule has 0 unspecified atom stereocenters. The zero-order chi connectivity index (χ0) is 22.7. The summed E-state index contributed by atoms with van der Waals surface area (Å²) < 4.78 is 41.1. The molecule has 4 rings (SSSR count). The van der Waals surface area contributed by atoms with Gasteiger partial charge in [0.2, 0.25) is 7.34 Å². The van der Waals surface area contributed by atoms with Crippen molar-refractivity contribution in [1.29, 1.82) is 2.86 Å². The number of aliphatic hydroxyl groups excluding tert-OH is 1. The highest BCUT2D eigenvalue weighted by Crippen LogP contribution is 2.46. The molecule has 154 valence electrons. The van der Waals surface area contributed by atoms with E-state index in [1.165, 1.54) is 24.3 Å². The maximum atomic E-state index is 13.4. The molecule has 1 aliphatic heterocycles. The maximum Gasteiger partial charge on any atom is 0.293 e. The van der Waals surface area contributed by atoms with E-state index < -0.39 is 6.10 Å². The normalized spacial score (nSPS) is 20.2. The van der Waals surface area contributed by atoms with Gasteiger partial charge < -0.3 is 15.1 Å². The van der Waals surface area contributed by atoms with E-state index >= 15 is 0 Å². The molecule has 3 aromatic rings. The molecule has 1 saturated heterocycles. The van der Waals surface area contributed by atoms with Gasteiger partial charge in [-0.15, -0.1) is 0 Å². The fraction of sp³-hybridized carbons (Fsp3) is 0.208. The van der Waals surface area contributed by atoms with Gasteiger partial charge in [-0.25, -0.2) is 8.78 Å². The SMILES string of the molecule is [2H]Oc1ccc([C@@H]2[C@@H](CC[C@H](O[2H])c3ccc(F)cc3)C(=O)N2c2ccc(F)cc2)cc1. The van der Waals surface area contributed by atoms with Crippen molar-refractivity contribution in [3.8, 4) is 5.75 Å². The summed E-state index contributed by atoms with van der Waals surface area (Å²) in [7, 11) is 0. The third-order valence-electron chi connectivity index (χ3n) is 5.52. The summed E-state index contributed by atoms with van der Waals surface area (Å²) in [6.45, 7) is 0. The summed E-state index contributed by atoms with van der Waals surface area (Å²) in [5.74, 6) is -0.863. The van der Waals surface area contributed by atoms with Gasteiger partial charge in [0, 0.05) is 5.69 Å². The number of anilines is 1. The van der Waals surface area contributed by atoms with E-state index in [4.69, 9.17) is 7.97 Å². The van der Waals surface area contributed by atoms with Crippen molar-refractivity contribution in [2.24, 2.45) is 5.92 Å². The van der Waals surface area contributed by atoms with Crippen LogP contribution in [0.4, 0.5) is 14.5 Å². The molecule has 30 heavy (non-hydrogen) atoms. The number of aromatic hydroxyl groups is 1. The Bertz CT molecular complexity index is 1060. The Labute approximate surface area is 176 Å². The fourth-order valence-electron chi connectivity index (χ4n) is 3.94. The highest BCUT2D eigenvalue weighted by atomic mass is 19.1. The minimum Gasteiger partial charge on any atom is -0.508 e. The zero-order valence-electron chi connectivity index (χ0n) is 18.0. The number of benzene rings is 3. The van der Waals surface area contributed by atoms with Crippen LogP contribution in [0.1, 0.15) is 36.1 Å². The molecule has 0 aromatic heterocycles. The minimum absolute atomic E-state index is 0.106. The first kappa shape index (κ1) is 17.6. The molecule has 1 heterocycles. The van der Waals surface area contributed by atoms with Crippen LogP contribution in [0.3, 0.4) is 0 Å². The topological polar surface area (TPSA) is 60.8 Å². The van der Waals surface area contributed by atoms with Crippen molar-refractivity contribution < 1.29 is 23.8 Å². The van der Waals surface area contributed by atoms with Crippen LogP contribution in [0.25, 0.3) is 0 Å². The predicted molar refractivity (Wildman–Crippen MR) is 109 cm³/mol. The molecule has 3 atom stereocenters. The molecular weight excluding hydrogens is 388 g/mol. The average molecular weight is 411 g/mol. The summed E-state index contributed by atoms with van der Waals surface area (Å²) in [5.41, 5.74) is 2.10. The van der Waals surface area contributed by atoms with Gasteiger partial charge in [-0.1, -0.05) is 24.3 Å². The Morgan fingerprint density at radius 3 is 2.17 bits per heavy atom. The van der Waals surface area contributed by atoms with Crippen LogP contribution in [0, 0.1) is 17.6 Å². The molecule has 2 N–H and O–H groups in total. The number of nitrogens with zero attached hydrogens (tertiary/aromatic N) is 1. The molecule has 0 bridgehead atoms. The molecule has 0 aliphatic carbocycles. The van der Waals surface area contributed by atoms with Crippen LogP contribution < -0.4 is 4.90 Å². The fourth-order valence-corrected chi connectivity index (χ4v) is 3.94. The predicted octanol–water partition coefficient (Wildman–Crippen LogP) is 4.89. The van der Waals surface area contributed by atoms with E-state index in [0.29, 0.717) is 29.8 Å². The average Bonchev–Trinajstić information content (AvgIpc) is 2.82. The van der Waals surface area contributed by atoms with Gasteiger partial charge in [0.1, 0.15) is 17.4 Å². The lowest BCUT2D eigenvalue weighted by Gasteiger charge is -2.48. The van der Waals surface area contributed by atoms with Crippen molar-refractivity contribution in [3.05, 3.63) is 95.6 Å². The lowest BCUT2D eigenvalue weighted by atomic mass is 9.78. The lowest BCUT2D eigenvalue weighted by molar-refractivity contribution is -0.131. The van der Waals surface area contributed by atoms with Crippen molar-refractivity contribution in [2.75, 3.05) is 4.90 Å². The van der Waals surface area contributed by atoms with Crippen LogP contribution >= 0.6 is 0 Å². The number of carbonyl (C=O) groups is 1. The standard InChI is InChI=1S/C24H21F2NO3/c25-17-5-1-15(2-6-17)22(29)14-13-21-23(16-3-11-20(28)12-4-16)27(24(21)30)19-9-7-18(26)8-10-19/h1-12,21-23,28-29H,13-14H2/t21-,22+,23-/m1/s1/i29D/hD. The first-order chi connectivity index (χ1) is 15.5. The smallest absolute Gasteiger partial charge is 0.293 e. The van der Waals surface area contributed by atoms with Crippen molar-refractivity contribution >= 4 is 11.6 Å². The molecule has 1 aliphatic rings. The molecule has 0 radical (unpaired) electrons. The Morgan fingerprint density at radius 1 is 0.933 bits per heavy atom. The molecule has 3 aromatic carbocycles. The van der Waals surface area contributed by atoms with E-state index in [1.54, 1.807) is 53.4 Å². The number of rotatable bonds is 8. The van der Waals surface area contributed by atoms with Crippen LogP contribution in [-0.4, -0.2) is 19.0 Å². The number of phenolic OH excluding ortho intramolecular Hbond substituents is 1. The molecule has 0 saturated carbocycles. The van der Waals surface area contributed by atoms with Gasteiger partial charge in [0.25, 0.3) is 1.43 Å². The van der Waals surface area contributed by atoms with E-state index in [2.05, 4.69) is 5.11 Å². The molecular formula is C24H21F2NO3. The van der Waals surface area contributed by atoms with Crippen molar-refractivity contribution in [1.82, 2.24) is 0 Å². The summed E-state index contributed by atoms with van der Waals surface area (Å²) in [6, 6.07) is 18.1. The summed E-state index contributed by atoms with van der Waals surface area (Å²) in [6.07, 6.45) is 0.245. The zero-order valence-corrected chi connectivity index (χ0v) is 16.0. The van der Waals surface area contributed by atoms with E-state index in [0.717, 1.165) is 5.56 Å². The van der Waals surface area contributed by atoms with Gasteiger partial charge >= 0.3 is 0 Å². The third-order valence-corrected chi connectivity index (χ3v) is 5.52. The summed E-state index contributed by atoms with van der Waals surface area (Å²) >= 11 is 0. The van der Waals surface area contributed by atoms with Gasteiger partial charge in [-0.2, -0.15) is 0 Å². The van der Waals surface area contributed by atoms with E-state index in [-0.39, 0.29) is 29.5 Å². The monoisotopic (exact) mass is 411 g/mol. The van der Waals surface area contributed by atoms with Crippen LogP contribution in [-0.2, 0) is 4.79 Å². The lowest BCUT2D eigenvalue weighted by Crippen LogP contribution is -2.55. The van der Waals surface area contributed by atoms with Crippen LogP contribution in [0.15, 0.2) is 72.8 Å². The van der Waals surface area contributed by atoms with Crippen LogP contribution in [0.2, 0.25) is 0 Å². The van der Waals surface area contributed by atoms with Crippen molar-refractivity contribution in [2.45, 2.75) is 25.0 Å². The molecule has 0 spiro atoms. The number of phenols is 1. The largest absolute Gasteiger partial charge is 0.508 e. The van der Waals surface area contributed by atoms with E-state index in [1.807, 2.05) is 0 Å². The number of carbonyl (C=O) groups excluding carboxylic acids is 1.